The van der Waals surface area contributed by atoms with E-state index < -0.39 is 47.6 Å². The van der Waals surface area contributed by atoms with Gasteiger partial charge in [0.1, 0.15) is 22.8 Å². The molecule has 9 heteroatoms. The van der Waals surface area contributed by atoms with Crippen LogP contribution in [0.2, 0.25) is 0 Å². The summed E-state index contributed by atoms with van der Waals surface area (Å²) in [4.78, 5) is 36.5. The first-order chi connectivity index (χ1) is 11.8. The second kappa shape index (κ2) is 6.25. The SMILES string of the molecule is COC(=O)C1=COC(=O)[C@H]2[C@@H]1[C@H](O)[C@H](OC(=O)c1cccs1)[C@]2(C)O. The van der Waals surface area contributed by atoms with Crippen molar-refractivity contribution in [1.82, 2.24) is 0 Å². The number of cyclic esters (lactones) is 1. The maximum Gasteiger partial charge on any atom is 0.348 e. The number of methoxy groups -OCH3 is 1. The summed E-state index contributed by atoms with van der Waals surface area (Å²) in [5, 5.41) is 23.1. The molecular formula is C16H16O8S. The predicted octanol–water partition coefficient (Wildman–Crippen LogP) is 0.245. The molecule has 0 spiro atoms. The Labute approximate surface area is 146 Å². The lowest BCUT2D eigenvalue weighted by atomic mass is 9.81. The lowest BCUT2D eigenvalue weighted by Crippen LogP contribution is -2.48. The Kier molecular flexibility index (Phi) is 4.40. The fourth-order valence-corrected chi connectivity index (χ4v) is 3.96. The molecule has 134 valence electrons. The summed E-state index contributed by atoms with van der Waals surface area (Å²) in [5.74, 6) is -4.75. The maximum absolute atomic E-state index is 12.2. The van der Waals surface area contributed by atoms with Gasteiger partial charge in [-0.2, -0.15) is 0 Å². The van der Waals surface area contributed by atoms with E-state index in [4.69, 9.17) is 9.47 Å². The highest BCUT2D eigenvalue weighted by Gasteiger charge is 2.65. The Morgan fingerprint density at radius 3 is 2.68 bits per heavy atom. The molecule has 0 saturated heterocycles. The van der Waals surface area contributed by atoms with Gasteiger partial charge >= 0.3 is 17.9 Å². The van der Waals surface area contributed by atoms with Crippen LogP contribution in [0.4, 0.5) is 0 Å². The van der Waals surface area contributed by atoms with Crippen LogP contribution in [0.25, 0.3) is 0 Å². The Hall–Kier alpha value is -2.23. The van der Waals surface area contributed by atoms with E-state index in [0.29, 0.717) is 0 Å². The van der Waals surface area contributed by atoms with E-state index in [0.717, 1.165) is 24.7 Å². The third-order valence-corrected chi connectivity index (χ3v) is 5.39. The number of aliphatic hydroxyl groups is 2. The second-order valence-corrected chi connectivity index (χ2v) is 6.97. The van der Waals surface area contributed by atoms with Crippen molar-refractivity contribution in [3.05, 3.63) is 34.2 Å². The molecule has 8 nitrogen and oxygen atoms in total. The summed E-state index contributed by atoms with van der Waals surface area (Å²) < 4.78 is 14.7. The van der Waals surface area contributed by atoms with E-state index in [1.165, 1.54) is 13.0 Å². The predicted molar refractivity (Wildman–Crippen MR) is 83.3 cm³/mol. The average molecular weight is 368 g/mol. The fourth-order valence-electron chi connectivity index (χ4n) is 3.35. The van der Waals surface area contributed by atoms with Crippen LogP contribution in [0.15, 0.2) is 29.3 Å². The molecule has 1 saturated carbocycles. The molecule has 2 N–H and O–H groups in total. The maximum atomic E-state index is 12.2. The van der Waals surface area contributed by atoms with Crippen molar-refractivity contribution in [2.24, 2.45) is 11.8 Å². The number of ether oxygens (including phenoxy) is 3. The van der Waals surface area contributed by atoms with Crippen molar-refractivity contribution < 1.29 is 38.8 Å². The van der Waals surface area contributed by atoms with Gasteiger partial charge < -0.3 is 24.4 Å². The quantitative estimate of drug-likeness (QED) is 0.575. The highest BCUT2D eigenvalue weighted by atomic mass is 32.1. The van der Waals surface area contributed by atoms with E-state index in [2.05, 4.69) is 4.74 Å². The number of fused-ring (bicyclic) bond motifs is 1. The standard InChI is InChI=1S/C16H16O8S/c1-16(21)10-9(7(13(18)22-2)6-23-15(10)20)11(17)12(16)24-14(19)8-4-3-5-25-8/h3-6,9-12,17,21H,1-2H3/t9-,10-,11+,12+,16-/m1/s1. The number of thiophene rings is 1. The second-order valence-electron chi connectivity index (χ2n) is 6.02. The van der Waals surface area contributed by atoms with Gasteiger partial charge in [0.15, 0.2) is 6.10 Å². The smallest absolute Gasteiger partial charge is 0.348 e. The summed E-state index contributed by atoms with van der Waals surface area (Å²) >= 11 is 1.14. The van der Waals surface area contributed by atoms with Gasteiger partial charge in [-0.3, -0.25) is 4.79 Å². The van der Waals surface area contributed by atoms with Crippen LogP contribution in [-0.4, -0.2) is 53.0 Å². The number of carbonyl (C=O) groups excluding carboxylic acids is 3. The molecule has 1 aliphatic carbocycles. The molecule has 0 bridgehead atoms. The monoisotopic (exact) mass is 368 g/mol. The number of rotatable bonds is 3. The van der Waals surface area contributed by atoms with Crippen molar-refractivity contribution in [1.29, 1.82) is 0 Å². The molecule has 0 aromatic carbocycles. The molecule has 1 aliphatic heterocycles. The zero-order valence-corrected chi connectivity index (χ0v) is 14.2. The van der Waals surface area contributed by atoms with Gasteiger partial charge in [0, 0.05) is 5.92 Å². The Morgan fingerprint density at radius 2 is 2.08 bits per heavy atom. The number of esters is 3. The summed E-state index contributed by atoms with van der Waals surface area (Å²) in [7, 11) is 1.14. The van der Waals surface area contributed by atoms with Crippen LogP contribution in [-0.2, 0) is 23.8 Å². The molecule has 1 aromatic rings. The van der Waals surface area contributed by atoms with Crippen LogP contribution in [0.5, 0.6) is 0 Å². The van der Waals surface area contributed by atoms with E-state index in [9.17, 15) is 24.6 Å². The highest BCUT2D eigenvalue weighted by Crippen LogP contribution is 2.48. The first-order valence-electron chi connectivity index (χ1n) is 7.42. The van der Waals surface area contributed by atoms with Crippen molar-refractivity contribution in [3.8, 4) is 0 Å². The minimum atomic E-state index is -1.93. The number of hydrogen-bond acceptors (Lipinski definition) is 9. The summed E-state index contributed by atoms with van der Waals surface area (Å²) in [6.45, 7) is 1.26. The normalized spacial score (nSPS) is 33.9. The summed E-state index contributed by atoms with van der Waals surface area (Å²) in [5.41, 5.74) is -2.03. The van der Waals surface area contributed by atoms with Gasteiger partial charge in [-0.15, -0.1) is 11.3 Å². The molecular weight excluding hydrogens is 352 g/mol. The molecule has 25 heavy (non-hydrogen) atoms. The largest absolute Gasteiger partial charge is 0.466 e. The van der Waals surface area contributed by atoms with Gasteiger partial charge in [0.2, 0.25) is 0 Å². The van der Waals surface area contributed by atoms with E-state index in [-0.39, 0.29) is 10.5 Å². The lowest BCUT2D eigenvalue weighted by molar-refractivity contribution is -0.159. The molecule has 0 unspecified atom stereocenters. The van der Waals surface area contributed by atoms with Crippen molar-refractivity contribution in [3.63, 3.8) is 0 Å². The molecule has 2 aliphatic rings. The van der Waals surface area contributed by atoms with Crippen molar-refractivity contribution in [2.45, 2.75) is 24.7 Å². The average Bonchev–Trinajstić information content (AvgIpc) is 3.17. The van der Waals surface area contributed by atoms with Crippen molar-refractivity contribution in [2.75, 3.05) is 7.11 Å². The number of hydrogen-bond donors (Lipinski definition) is 2. The Morgan fingerprint density at radius 1 is 1.36 bits per heavy atom. The minimum absolute atomic E-state index is 0.102. The Balaban J connectivity index is 1.94. The van der Waals surface area contributed by atoms with Gasteiger partial charge in [0.05, 0.1) is 18.6 Å². The first-order valence-corrected chi connectivity index (χ1v) is 8.30. The number of carbonyl (C=O) groups is 3. The fraction of sp³-hybridized carbons (Fsp3) is 0.438. The van der Waals surface area contributed by atoms with Crippen molar-refractivity contribution >= 4 is 29.2 Å². The molecule has 2 heterocycles. The van der Waals surface area contributed by atoms with Crippen LogP contribution < -0.4 is 0 Å². The van der Waals surface area contributed by atoms with Gasteiger partial charge in [-0.05, 0) is 18.4 Å². The molecule has 1 fully saturated rings. The van der Waals surface area contributed by atoms with Gasteiger partial charge in [-0.1, -0.05) is 6.07 Å². The first kappa shape index (κ1) is 17.6. The van der Waals surface area contributed by atoms with Gasteiger partial charge in [-0.25, -0.2) is 9.59 Å². The molecule has 3 rings (SSSR count). The molecule has 0 radical (unpaired) electrons. The van der Waals surface area contributed by atoms with E-state index in [1.807, 2.05) is 0 Å². The minimum Gasteiger partial charge on any atom is -0.466 e. The molecule has 5 atom stereocenters. The van der Waals surface area contributed by atoms with Crippen LogP contribution in [0.3, 0.4) is 0 Å². The van der Waals surface area contributed by atoms with Crippen LogP contribution in [0, 0.1) is 11.8 Å². The summed E-state index contributed by atoms with van der Waals surface area (Å²) in [6.07, 6.45) is -2.00. The van der Waals surface area contributed by atoms with Crippen LogP contribution in [0.1, 0.15) is 16.6 Å². The third kappa shape index (κ3) is 2.74. The third-order valence-electron chi connectivity index (χ3n) is 4.54. The zero-order valence-electron chi connectivity index (χ0n) is 13.4. The number of aliphatic hydroxyl groups excluding tert-OH is 1. The Bertz CT molecular complexity index is 735. The zero-order chi connectivity index (χ0) is 18.4. The highest BCUT2D eigenvalue weighted by molar-refractivity contribution is 7.11. The van der Waals surface area contributed by atoms with E-state index >= 15 is 0 Å². The topological polar surface area (TPSA) is 119 Å². The van der Waals surface area contributed by atoms with Gasteiger partial charge in [0.25, 0.3) is 0 Å². The van der Waals surface area contributed by atoms with E-state index in [1.54, 1.807) is 11.4 Å². The summed E-state index contributed by atoms with van der Waals surface area (Å²) in [6, 6.07) is 3.18. The lowest BCUT2D eigenvalue weighted by Gasteiger charge is -2.31. The van der Waals surface area contributed by atoms with Crippen LogP contribution >= 0.6 is 11.3 Å². The molecule has 0 amide bonds. The molecule has 1 aromatic heterocycles.